The average Bonchev–Trinajstić information content (AvgIpc) is 3.18. The van der Waals surface area contributed by atoms with Gasteiger partial charge in [-0.3, -0.25) is 14.5 Å². The number of methoxy groups -OCH3 is 1. The first kappa shape index (κ1) is 27.9. The van der Waals surface area contributed by atoms with Crippen LogP contribution in [-0.2, 0) is 14.3 Å². The first-order valence-corrected chi connectivity index (χ1v) is 12.6. The first-order valence-electron chi connectivity index (χ1n) is 11.7. The van der Waals surface area contributed by atoms with Crippen LogP contribution in [0.1, 0.15) is 74.9 Å². The quantitative estimate of drug-likeness (QED) is 0.569. The summed E-state index contributed by atoms with van der Waals surface area (Å²) in [6.45, 7) is 9.81. The molecule has 2 amide bonds. The molecule has 1 aliphatic carbocycles. The third-order valence-electron chi connectivity index (χ3n) is 6.12. The van der Waals surface area contributed by atoms with E-state index < -0.39 is 18.1 Å². The molecule has 0 aromatic carbocycles. The zero-order valence-electron chi connectivity index (χ0n) is 21.6. The lowest BCUT2D eigenvalue weighted by Crippen LogP contribution is -2.57. The van der Waals surface area contributed by atoms with E-state index in [0.717, 1.165) is 24.2 Å². The van der Waals surface area contributed by atoms with Crippen molar-refractivity contribution >= 4 is 34.8 Å². The van der Waals surface area contributed by atoms with Gasteiger partial charge in [0.15, 0.2) is 0 Å². The highest BCUT2D eigenvalue weighted by molar-refractivity contribution is 7.15. The Balaban J connectivity index is 2.70. The molecule has 34 heavy (non-hydrogen) atoms. The summed E-state index contributed by atoms with van der Waals surface area (Å²) in [4.78, 5) is 42.9. The van der Waals surface area contributed by atoms with Gasteiger partial charge in [0.05, 0.1) is 16.7 Å². The number of amides is 2. The largest absolute Gasteiger partial charge is 0.477 e. The van der Waals surface area contributed by atoms with Crippen molar-refractivity contribution < 1.29 is 24.2 Å². The molecule has 1 saturated carbocycles. The third kappa shape index (κ3) is 6.83. The predicted molar refractivity (Wildman–Crippen MR) is 135 cm³/mol. The molecule has 2 atom stereocenters. The Hall–Kier alpha value is -2.37. The van der Waals surface area contributed by atoms with Gasteiger partial charge in [0.25, 0.3) is 0 Å². The number of rotatable bonds is 7. The number of carbonyl (C=O) groups is 3. The molecule has 1 aliphatic rings. The van der Waals surface area contributed by atoms with E-state index in [9.17, 15) is 19.5 Å². The van der Waals surface area contributed by atoms with Crippen LogP contribution < -0.4 is 4.90 Å². The predicted octanol–water partition coefficient (Wildman–Crippen LogP) is 4.49. The highest BCUT2D eigenvalue weighted by Gasteiger charge is 2.42. The summed E-state index contributed by atoms with van der Waals surface area (Å²) in [7, 11) is 4.72. The van der Waals surface area contributed by atoms with Crippen LogP contribution in [0.3, 0.4) is 0 Å². The average molecular weight is 491 g/mol. The molecule has 1 fully saturated rings. The fourth-order valence-electron chi connectivity index (χ4n) is 4.05. The standard InChI is InChI=1S/C26H38N2O5S/c1-16-9-11-18(12-10-16)23(29)28(21(17(2)33-8)24(30)27(6)7)20-15-19(13-14-26(3,4)5)34-22(20)25(31)32/h15-18,21H,9-12H2,1-8H3,(H,31,32)/t16?,17-,18?,21-/m0/s1. The number of likely N-dealkylation sites (N-methyl/N-ethyl adjacent to an activating group) is 1. The van der Waals surface area contributed by atoms with Crippen LogP contribution in [0.15, 0.2) is 6.07 Å². The second-order valence-corrected chi connectivity index (χ2v) is 11.5. The maximum Gasteiger partial charge on any atom is 0.348 e. The van der Waals surface area contributed by atoms with Gasteiger partial charge in [-0.05, 0) is 65.4 Å². The number of hydrogen-bond acceptors (Lipinski definition) is 5. The van der Waals surface area contributed by atoms with Crippen LogP contribution in [0.5, 0.6) is 0 Å². The minimum Gasteiger partial charge on any atom is -0.477 e. The van der Waals surface area contributed by atoms with Crippen molar-refractivity contribution in [1.29, 1.82) is 0 Å². The van der Waals surface area contributed by atoms with E-state index in [-0.39, 0.29) is 33.7 Å². The molecule has 0 aliphatic heterocycles. The van der Waals surface area contributed by atoms with Crippen molar-refractivity contribution in [2.24, 2.45) is 17.3 Å². The number of carboxylic acid groups (broad SMARTS) is 1. The van der Waals surface area contributed by atoms with Gasteiger partial charge in [0, 0.05) is 32.5 Å². The van der Waals surface area contributed by atoms with Gasteiger partial charge >= 0.3 is 5.97 Å². The van der Waals surface area contributed by atoms with Gasteiger partial charge in [-0.15, -0.1) is 11.3 Å². The molecule has 7 nitrogen and oxygen atoms in total. The lowest BCUT2D eigenvalue weighted by molar-refractivity contribution is -0.136. The van der Waals surface area contributed by atoms with Crippen molar-refractivity contribution in [3.8, 4) is 11.8 Å². The Morgan fingerprint density at radius 3 is 2.24 bits per heavy atom. The van der Waals surface area contributed by atoms with Crippen LogP contribution in [-0.4, -0.2) is 61.1 Å². The number of nitrogens with zero attached hydrogens (tertiary/aromatic N) is 2. The first-order chi connectivity index (χ1) is 15.8. The summed E-state index contributed by atoms with van der Waals surface area (Å²) >= 11 is 1.03. The molecule has 2 rings (SSSR count). The molecule has 1 aromatic heterocycles. The fourth-order valence-corrected chi connectivity index (χ4v) is 4.89. The zero-order valence-corrected chi connectivity index (χ0v) is 22.4. The number of thiophene rings is 1. The summed E-state index contributed by atoms with van der Waals surface area (Å²) in [5, 5.41) is 10.0. The second-order valence-electron chi connectivity index (χ2n) is 10.4. The van der Waals surface area contributed by atoms with Crippen molar-refractivity contribution in [2.75, 3.05) is 26.1 Å². The van der Waals surface area contributed by atoms with Crippen LogP contribution in [0.4, 0.5) is 5.69 Å². The second kappa shape index (κ2) is 11.4. The smallest absolute Gasteiger partial charge is 0.348 e. The number of hydrogen-bond donors (Lipinski definition) is 1. The number of aromatic carboxylic acids is 1. The van der Waals surface area contributed by atoms with E-state index in [1.807, 2.05) is 20.8 Å². The number of anilines is 1. The number of carboxylic acids is 1. The Kier molecular flexibility index (Phi) is 9.32. The van der Waals surface area contributed by atoms with Crippen molar-refractivity contribution in [3.05, 3.63) is 15.8 Å². The minimum atomic E-state index is -1.15. The Bertz CT molecular complexity index is 958. The molecule has 1 N–H and O–H groups in total. The van der Waals surface area contributed by atoms with Crippen LogP contribution in [0.25, 0.3) is 0 Å². The van der Waals surface area contributed by atoms with Gasteiger partial charge in [-0.25, -0.2) is 4.79 Å². The number of ether oxygens (including phenoxy) is 1. The molecule has 8 heteroatoms. The van der Waals surface area contributed by atoms with E-state index in [2.05, 4.69) is 18.8 Å². The maximum atomic E-state index is 14.0. The van der Waals surface area contributed by atoms with E-state index in [4.69, 9.17) is 4.74 Å². The molecule has 0 bridgehead atoms. The van der Waals surface area contributed by atoms with Crippen LogP contribution >= 0.6 is 11.3 Å². The Morgan fingerprint density at radius 1 is 1.18 bits per heavy atom. The molecule has 0 radical (unpaired) electrons. The molecule has 188 valence electrons. The van der Waals surface area contributed by atoms with Gasteiger partial charge in [0.1, 0.15) is 10.9 Å². The van der Waals surface area contributed by atoms with Gasteiger partial charge < -0.3 is 14.7 Å². The maximum absolute atomic E-state index is 14.0. The van der Waals surface area contributed by atoms with Crippen molar-refractivity contribution in [1.82, 2.24) is 4.90 Å². The molecule has 0 unspecified atom stereocenters. The summed E-state index contributed by atoms with van der Waals surface area (Å²) in [5.74, 6) is 4.74. The highest BCUT2D eigenvalue weighted by atomic mass is 32.1. The molecule has 1 heterocycles. The van der Waals surface area contributed by atoms with Crippen molar-refractivity contribution in [2.45, 2.75) is 72.4 Å². The summed E-state index contributed by atoms with van der Waals surface area (Å²) in [5.41, 5.74) is -0.0565. The summed E-state index contributed by atoms with van der Waals surface area (Å²) < 4.78 is 5.53. The Labute approximate surface area is 207 Å². The van der Waals surface area contributed by atoms with E-state index in [0.29, 0.717) is 23.6 Å². The SMILES string of the molecule is CO[C@@H](C)[C@@H](C(=O)N(C)C)N(C(=O)C1CCC(C)CC1)c1cc(C#CC(C)(C)C)sc1C(=O)O. The minimum absolute atomic E-state index is 0.00408. The Morgan fingerprint density at radius 2 is 1.76 bits per heavy atom. The zero-order chi connectivity index (χ0) is 25.8. The topological polar surface area (TPSA) is 87.2 Å². The molecular formula is C26H38N2O5S. The van der Waals surface area contributed by atoms with Gasteiger partial charge in [0.2, 0.25) is 11.8 Å². The monoisotopic (exact) mass is 490 g/mol. The van der Waals surface area contributed by atoms with Gasteiger partial charge in [-0.1, -0.05) is 18.8 Å². The summed E-state index contributed by atoms with van der Waals surface area (Å²) in [6.07, 6.45) is 2.63. The van der Waals surface area contributed by atoms with E-state index >= 15 is 0 Å². The summed E-state index contributed by atoms with van der Waals surface area (Å²) in [6, 6.07) is 0.636. The molecule has 1 aromatic rings. The lowest BCUT2D eigenvalue weighted by Gasteiger charge is -2.38. The normalized spacial score (nSPS) is 20.0. The highest BCUT2D eigenvalue weighted by Crippen LogP contribution is 2.37. The third-order valence-corrected chi connectivity index (χ3v) is 7.15. The number of carbonyl (C=O) groups excluding carboxylic acids is 2. The van der Waals surface area contributed by atoms with Crippen LogP contribution in [0, 0.1) is 29.1 Å². The van der Waals surface area contributed by atoms with E-state index in [1.54, 1.807) is 27.1 Å². The molecular weight excluding hydrogens is 452 g/mol. The van der Waals surface area contributed by atoms with Crippen LogP contribution in [0.2, 0.25) is 0 Å². The van der Waals surface area contributed by atoms with E-state index in [1.165, 1.54) is 16.9 Å². The van der Waals surface area contributed by atoms with Crippen molar-refractivity contribution in [3.63, 3.8) is 0 Å². The lowest BCUT2D eigenvalue weighted by atomic mass is 9.82. The molecule has 0 saturated heterocycles. The van der Waals surface area contributed by atoms with Gasteiger partial charge in [-0.2, -0.15) is 0 Å². The fraction of sp³-hybridized carbons (Fsp3) is 0.654. The molecule has 0 spiro atoms.